The highest BCUT2D eigenvalue weighted by Gasteiger charge is 2.53. The average molecular weight is 594 g/mol. The zero-order chi connectivity index (χ0) is 30.0. The Labute approximate surface area is 238 Å². The van der Waals surface area contributed by atoms with Crippen molar-refractivity contribution >= 4 is 0 Å². The Balaban J connectivity index is 1.48. The van der Waals surface area contributed by atoms with Crippen molar-refractivity contribution in [3.05, 3.63) is 12.2 Å². The van der Waals surface area contributed by atoms with E-state index in [-0.39, 0.29) is 18.6 Å². The van der Waals surface area contributed by atoms with Crippen LogP contribution >= 0.6 is 0 Å². The van der Waals surface area contributed by atoms with Gasteiger partial charge in [0.15, 0.2) is 18.9 Å². The van der Waals surface area contributed by atoms with Gasteiger partial charge in [-0.05, 0) is 19.4 Å². The highest BCUT2D eigenvalue weighted by Crippen LogP contribution is 2.35. The van der Waals surface area contributed by atoms with Gasteiger partial charge in [-0.25, -0.2) is 0 Å². The standard InChI is InChI=1S/C25H47N5O11/c1-9-5-12(28)20(39-23-11(27)4-3-10(36-23)7-30-2)22(16(9)32)41-25-19(35)21(14(8-31)38-25)40-24-15(29)18(34)17(33)13(6-26)37-24/h3-4,9-25,30-35H,5-8,26-29H2,1-2H3. The van der Waals surface area contributed by atoms with Crippen LogP contribution in [-0.4, -0.2) is 150 Å². The molecule has 1 saturated carbocycles. The Morgan fingerprint density at radius 3 is 2.12 bits per heavy atom. The average Bonchev–Trinajstić information content (AvgIpc) is 3.24. The van der Waals surface area contributed by atoms with Gasteiger partial charge < -0.3 is 82.2 Å². The SMILES string of the molecule is CNCC1C=CC(N)C(OC2C(N)CC(C)C(O)C2OC2OC(CO)C(OC3OC(CN)C(O)C(O)C3N)C2O)O1. The number of rotatable bonds is 10. The molecule has 3 fully saturated rings. The van der Waals surface area contributed by atoms with E-state index in [1.807, 2.05) is 13.0 Å². The van der Waals surface area contributed by atoms with Gasteiger partial charge in [-0.3, -0.25) is 0 Å². The molecule has 0 amide bonds. The molecule has 238 valence electrons. The van der Waals surface area contributed by atoms with Crippen LogP contribution in [-0.2, 0) is 28.4 Å². The van der Waals surface area contributed by atoms with Crippen LogP contribution < -0.4 is 28.3 Å². The van der Waals surface area contributed by atoms with Crippen LogP contribution in [0.25, 0.3) is 0 Å². The second-order valence-corrected chi connectivity index (χ2v) is 11.3. The highest BCUT2D eigenvalue weighted by molar-refractivity contribution is 5.05. The van der Waals surface area contributed by atoms with Crippen LogP contribution in [0.4, 0.5) is 0 Å². The fourth-order valence-corrected chi connectivity index (χ4v) is 5.76. The zero-order valence-corrected chi connectivity index (χ0v) is 23.3. The Morgan fingerprint density at radius 1 is 0.805 bits per heavy atom. The molecule has 0 spiro atoms. The summed E-state index contributed by atoms with van der Waals surface area (Å²) in [5.41, 5.74) is 24.3. The van der Waals surface area contributed by atoms with Gasteiger partial charge in [-0.1, -0.05) is 19.1 Å². The van der Waals surface area contributed by atoms with Gasteiger partial charge in [-0.2, -0.15) is 0 Å². The Morgan fingerprint density at radius 2 is 1.46 bits per heavy atom. The van der Waals surface area contributed by atoms with Crippen molar-refractivity contribution in [2.75, 3.05) is 26.7 Å². The van der Waals surface area contributed by atoms with E-state index < -0.39 is 98.5 Å². The third-order valence-electron chi connectivity index (χ3n) is 8.21. The topological polar surface area (TPSA) is 273 Å². The fourth-order valence-electron chi connectivity index (χ4n) is 5.76. The lowest BCUT2D eigenvalue weighted by Gasteiger charge is -2.45. The summed E-state index contributed by atoms with van der Waals surface area (Å²) in [6.07, 6.45) is -10.3. The van der Waals surface area contributed by atoms with Gasteiger partial charge in [-0.15, -0.1) is 0 Å². The van der Waals surface area contributed by atoms with E-state index in [4.69, 9.17) is 51.4 Å². The second-order valence-electron chi connectivity index (χ2n) is 11.3. The first-order valence-electron chi connectivity index (χ1n) is 14.1. The van der Waals surface area contributed by atoms with E-state index in [0.717, 1.165) is 0 Å². The Hall–Kier alpha value is -0.900. The number of aliphatic hydroxyl groups excluding tert-OH is 5. The minimum absolute atomic E-state index is 0.122. The lowest BCUT2D eigenvalue weighted by Crippen LogP contribution is -2.64. The molecule has 4 rings (SSSR count). The van der Waals surface area contributed by atoms with Crippen molar-refractivity contribution < 1.29 is 54.0 Å². The quantitative estimate of drug-likeness (QED) is 0.106. The van der Waals surface area contributed by atoms with Crippen LogP contribution in [0.3, 0.4) is 0 Å². The summed E-state index contributed by atoms with van der Waals surface area (Å²) in [6, 6.07) is -2.35. The molecule has 14 N–H and O–H groups in total. The fraction of sp³-hybridized carbons (Fsp3) is 0.920. The lowest BCUT2D eigenvalue weighted by atomic mass is 9.80. The Kier molecular flexibility index (Phi) is 11.5. The largest absolute Gasteiger partial charge is 0.394 e. The molecule has 17 unspecified atom stereocenters. The van der Waals surface area contributed by atoms with Gasteiger partial charge in [0.25, 0.3) is 0 Å². The molecular weight excluding hydrogens is 546 g/mol. The number of nitrogens with one attached hydrogen (secondary N) is 1. The summed E-state index contributed by atoms with van der Waals surface area (Å²) < 4.78 is 35.6. The molecule has 0 bridgehead atoms. The molecule has 3 aliphatic heterocycles. The van der Waals surface area contributed by atoms with Crippen LogP contribution in [0.5, 0.6) is 0 Å². The van der Waals surface area contributed by atoms with Crippen molar-refractivity contribution in [3.8, 4) is 0 Å². The van der Waals surface area contributed by atoms with Crippen LogP contribution in [0.2, 0.25) is 0 Å². The van der Waals surface area contributed by atoms with Crippen molar-refractivity contribution in [3.63, 3.8) is 0 Å². The van der Waals surface area contributed by atoms with E-state index in [1.165, 1.54) is 0 Å². The first-order valence-corrected chi connectivity index (χ1v) is 14.1. The highest BCUT2D eigenvalue weighted by atomic mass is 16.8. The zero-order valence-electron chi connectivity index (χ0n) is 23.3. The van der Waals surface area contributed by atoms with Crippen molar-refractivity contribution in [2.24, 2.45) is 28.9 Å². The van der Waals surface area contributed by atoms with Crippen LogP contribution in [0.15, 0.2) is 12.2 Å². The second kappa shape index (κ2) is 14.3. The first kappa shape index (κ1) is 33.0. The number of aliphatic hydroxyl groups is 5. The number of hydrogen-bond donors (Lipinski definition) is 10. The number of nitrogens with two attached hydrogens (primary N) is 4. The van der Waals surface area contributed by atoms with Crippen molar-refractivity contribution in [2.45, 2.75) is 111 Å². The molecule has 3 heterocycles. The molecule has 1 aliphatic carbocycles. The smallest absolute Gasteiger partial charge is 0.187 e. The van der Waals surface area contributed by atoms with E-state index >= 15 is 0 Å². The maximum atomic E-state index is 11.2. The first-order chi connectivity index (χ1) is 19.5. The molecular formula is C25H47N5O11. The van der Waals surface area contributed by atoms with Gasteiger partial charge in [0.2, 0.25) is 0 Å². The van der Waals surface area contributed by atoms with Crippen LogP contribution in [0, 0.1) is 5.92 Å². The number of likely N-dealkylation sites (N-methyl/N-ethyl adjacent to an activating group) is 1. The predicted octanol–water partition coefficient (Wildman–Crippen LogP) is -5.49. The lowest BCUT2D eigenvalue weighted by molar-refractivity contribution is -0.285. The van der Waals surface area contributed by atoms with Crippen LogP contribution in [0.1, 0.15) is 13.3 Å². The summed E-state index contributed by atoms with van der Waals surface area (Å²) in [7, 11) is 1.79. The van der Waals surface area contributed by atoms with E-state index in [1.54, 1.807) is 13.1 Å². The molecule has 4 aliphatic rings. The van der Waals surface area contributed by atoms with Crippen molar-refractivity contribution in [1.82, 2.24) is 5.32 Å². The summed E-state index contributed by atoms with van der Waals surface area (Å²) >= 11 is 0. The normalized spacial score (nSPS) is 50.8. The molecule has 16 heteroatoms. The molecule has 41 heavy (non-hydrogen) atoms. The molecule has 2 saturated heterocycles. The Bertz CT molecular complexity index is 861. The third-order valence-corrected chi connectivity index (χ3v) is 8.21. The van der Waals surface area contributed by atoms with Gasteiger partial charge in [0.05, 0.1) is 30.9 Å². The maximum absolute atomic E-state index is 11.2. The summed E-state index contributed by atoms with van der Waals surface area (Å²) in [6.45, 7) is 1.65. The number of hydrogen-bond acceptors (Lipinski definition) is 16. The molecule has 0 aromatic rings. The summed E-state index contributed by atoms with van der Waals surface area (Å²) in [4.78, 5) is 0. The van der Waals surface area contributed by atoms with Gasteiger partial charge in [0, 0.05) is 19.1 Å². The predicted molar refractivity (Wildman–Crippen MR) is 142 cm³/mol. The molecule has 17 atom stereocenters. The van der Waals surface area contributed by atoms with E-state index in [0.29, 0.717) is 13.0 Å². The van der Waals surface area contributed by atoms with E-state index in [2.05, 4.69) is 5.32 Å². The minimum atomic E-state index is -1.49. The maximum Gasteiger partial charge on any atom is 0.187 e. The molecule has 16 nitrogen and oxygen atoms in total. The summed E-state index contributed by atoms with van der Waals surface area (Å²) in [5.74, 6) is -0.276. The monoisotopic (exact) mass is 593 g/mol. The summed E-state index contributed by atoms with van der Waals surface area (Å²) in [5, 5.41) is 55.8. The van der Waals surface area contributed by atoms with Crippen molar-refractivity contribution in [1.29, 1.82) is 0 Å². The molecule has 0 aromatic heterocycles. The molecule has 0 radical (unpaired) electrons. The minimum Gasteiger partial charge on any atom is -0.394 e. The number of ether oxygens (including phenoxy) is 6. The van der Waals surface area contributed by atoms with Gasteiger partial charge >= 0.3 is 0 Å². The van der Waals surface area contributed by atoms with E-state index in [9.17, 15) is 25.5 Å². The third kappa shape index (κ3) is 7.09. The van der Waals surface area contributed by atoms with Gasteiger partial charge in [0.1, 0.15) is 48.8 Å². The molecule has 0 aromatic carbocycles.